The summed E-state index contributed by atoms with van der Waals surface area (Å²) in [6, 6.07) is 15.2. The Labute approximate surface area is 242 Å². The lowest BCUT2D eigenvalue weighted by Gasteiger charge is -2.11. The van der Waals surface area contributed by atoms with Crippen molar-refractivity contribution in [1.82, 2.24) is 19.3 Å². The molecular weight excluding hydrogens is 568 g/mol. The van der Waals surface area contributed by atoms with Gasteiger partial charge in [-0.2, -0.15) is 13.2 Å². The van der Waals surface area contributed by atoms with E-state index < -0.39 is 29.0 Å². The normalized spacial score (nSPS) is 11.4. The molecule has 0 aliphatic heterocycles. The van der Waals surface area contributed by atoms with Crippen LogP contribution in [-0.4, -0.2) is 32.3 Å². The maximum atomic E-state index is 14.8. The van der Waals surface area contributed by atoms with E-state index >= 15 is 0 Å². The topological polar surface area (TPSA) is 117 Å². The molecule has 0 fully saturated rings. The second-order valence-electron chi connectivity index (χ2n) is 9.49. The fourth-order valence-electron chi connectivity index (χ4n) is 4.59. The van der Waals surface area contributed by atoms with Gasteiger partial charge in [0.2, 0.25) is 0 Å². The molecule has 0 spiro atoms. The minimum atomic E-state index is -4.60. The first-order valence-electron chi connectivity index (χ1n) is 12.7. The Bertz CT molecular complexity index is 1910. The van der Waals surface area contributed by atoms with Gasteiger partial charge in [0.15, 0.2) is 11.6 Å². The van der Waals surface area contributed by atoms with Crippen molar-refractivity contribution >= 4 is 17.4 Å². The number of amides is 1. The molecule has 0 unspecified atom stereocenters. The zero-order valence-electron chi connectivity index (χ0n) is 23.0. The van der Waals surface area contributed by atoms with Gasteiger partial charge < -0.3 is 15.8 Å². The number of hydrogen-bond donors (Lipinski definition) is 2. The van der Waals surface area contributed by atoms with Crippen molar-refractivity contribution in [2.24, 2.45) is 7.05 Å². The van der Waals surface area contributed by atoms with Crippen LogP contribution in [-0.2, 0) is 13.2 Å². The summed E-state index contributed by atoms with van der Waals surface area (Å²) in [7, 11) is 2.83. The first-order chi connectivity index (χ1) is 20.4. The summed E-state index contributed by atoms with van der Waals surface area (Å²) < 4.78 is 61.9. The van der Waals surface area contributed by atoms with Gasteiger partial charge in [-0.25, -0.2) is 19.0 Å². The highest BCUT2D eigenvalue weighted by Crippen LogP contribution is 2.32. The number of nitrogens with zero attached hydrogens (tertiary/aromatic N) is 4. The van der Waals surface area contributed by atoms with E-state index in [0.717, 1.165) is 16.8 Å². The molecule has 1 amide bonds. The molecule has 0 aliphatic rings. The van der Waals surface area contributed by atoms with Crippen molar-refractivity contribution in [1.29, 1.82) is 0 Å². The molecule has 0 aliphatic carbocycles. The number of anilines is 2. The zero-order valence-corrected chi connectivity index (χ0v) is 23.0. The molecule has 220 valence electrons. The number of nitrogens with one attached hydrogen (secondary N) is 1. The first-order valence-corrected chi connectivity index (χ1v) is 12.7. The molecule has 3 aromatic carbocycles. The number of benzene rings is 3. The van der Waals surface area contributed by atoms with Crippen LogP contribution in [0.15, 0.2) is 77.7 Å². The Morgan fingerprint density at radius 3 is 2.42 bits per heavy atom. The van der Waals surface area contributed by atoms with Crippen molar-refractivity contribution in [3.05, 3.63) is 106 Å². The number of carbonyl (C=O) groups is 1. The summed E-state index contributed by atoms with van der Waals surface area (Å²) in [5.41, 5.74) is 5.86. The lowest BCUT2D eigenvalue weighted by molar-refractivity contribution is -0.137. The highest BCUT2D eigenvalue weighted by molar-refractivity contribution is 6.05. The third-order valence-electron chi connectivity index (χ3n) is 6.87. The fourth-order valence-corrected chi connectivity index (χ4v) is 4.59. The Kier molecular flexibility index (Phi) is 7.48. The number of aromatic nitrogens is 4. The van der Waals surface area contributed by atoms with Crippen LogP contribution in [0.25, 0.3) is 28.2 Å². The van der Waals surface area contributed by atoms with Gasteiger partial charge >= 0.3 is 6.18 Å². The van der Waals surface area contributed by atoms with Crippen LogP contribution in [0.3, 0.4) is 0 Å². The largest absolute Gasteiger partial charge is 0.494 e. The van der Waals surface area contributed by atoms with E-state index in [1.807, 2.05) is 0 Å². The quantitative estimate of drug-likeness (QED) is 0.248. The van der Waals surface area contributed by atoms with Crippen LogP contribution in [0.2, 0.25) is 0 Å². The van der Waals surface area contributed by atoms with E-state index in [0.29, 0.717) is 11.3 Å². The second kappa shape index (κ2) is 11.1. The number of hydrogen-bond acceptors (Lipinski definition) is 6. The number of nitrogen functional groups attached to an aromatic ring is 1. The lowest BCUT2D eigenvalue weighted by Crippen LogP contribution is -2.25. The van der Waals surface area contributed by atoms with E-state index in [-0.39, 0.29) is 45.5 Å². The summed E-state index contributed by atoms with van der Waals surface area (Å²) in [6.07, 6.45) is -3.26. The molecule has 2 heterocycles. The predicted octanol–water partition coefficient (Wildman–Crippen LogP) is 5.61. The highest BCUT2D eigenvalue weighted by atomic mass is 19.4. The fraction of sp³-hybridized carbons (Fsp3) is 0.133. The second-order valence-corrected chi connectivity index (χ2v) is 9.49. The van der Waals surface area contributed by atoms with Gasteiger partial charge in [0.1, 0.15) is 17.1 Å². The molecule has 9 nitrogen and oxygen atoms in total. The van der Waals surface area contributed by atoms with Crippen molar-refractivity contribution in [2.45, 2.75) is 13.1 Å². The van der Waals surface area contributed by atoms with Gasteiger partial charge in [-0.15, -0.1) is 0 Å². The number of methoxy groups -OCH3 is 1. The molecule has 13 heteroatoms. The number of rotatable bonds is 6. The number of halogens is 4. The average molecular weight is 593 g/mol. The van der Waals surface area contributed by atoms with E-state index in [1.54, 1.807) is 30.3 Å². The molecule has 0 atom stereocenters. The molecular formula is C30H24F4N6O3. The van der Waals surface area contributed by atoms with Crippen LogP contribution in [0.4, 0.5) is 29.1 Å². The highest BCUT2D eigenvalue weighted by Gasteiger charge is 2.31. The molecule has 0 bridgehead atoms. The van der Waals surface area contributed by atoms with E-state index in [9.17, 15) is 27.2 Å². The van der Waals surface area contributed by atoms with Gasteiger partial charge in [0.25, 0.3) is 11.5 Å². The van der Waals surface area contributed by atoms with Crippen molar-refractivity contribution in [3.8, 4) is 34.0 Å². The van der Waals surface area contributed by atoms with Crippen LogP contribution in [0.1, 0.15) is 21.6 Å². The van der Waals surface area contributed by atoms with Gasteiger partial charge in [-0.1, -0.05) is 24.3 Å². The van der Waals surface area contributed by atoms with Crippen LogP contribution >= 0.6 is 0 Å². The monoisotopic (exact) mass is 592 g/mol. The maximum absolute atomic E-state index is 14.8. The minimum Gasteiger partial charge on any atom is -0.494 e. The molecule has 43 heavy (non-hydrogen) atoms. The number of nitrogens with two attached hydrogens (primary N) is 1. The van der Waals surface area contributed by atoms with Crippen molar-refractivity contribution < 1.29 is 27.1 Å². The summed E-state index contributed by atoms with van der Waals surface area (Å²) >= 11 is 0. The average Bonchev–Trinajstić information content (AvgIpc) is 3.20. The molecule has 2 aromatic heterocycles. The zero-order chi connectivity index (χ0) is 31.1. The smallest absolute Gasteiger partial charge is 0.416 e. The Balaban J connectivity index is 1.42. The Morgan fingerprint density at radius 1 is 1.05 bits per heavy atom. The van der Waals surface area contributed by atoms with E-state index in [2.05, 4.69) is 15.3 Å². The number of carbonyl (C=O) groups excluding carboxylic acids is 1. The van der Waals surface area contributed by atoms with Crippen molar-refractivity contribution in [2.75, 3.05) is 18.2 Å². The number of ether oxygens (including phenoxy) is 1. The van der Waals surface area contributed by atoms with Gasteiger partial charge in [-0.05, 0) is 49.4 Å². The van der Waals surface area contributed by atoms with E-state index in [1.165, 1.54) is 56.2 Å². The predicted molar refractivity (Wildman–Crippen MR) is 153 cm³/mol. The molecule has 3 N–H and O–H groups in total. The lowest BCUT2D eigenvalue weighted by atomic mass is 10.1. The minimum absolute atomic E-state index is 0.0383. The SMILES string of the molecule is COc1cccc(-c2cnc(N)c(-c3ccc(NC(=O)c4c(C)n(C)n(-c5cccc(C(F)(F)F)c5)c4=O)cc3)n2)c1F. The standard InChI is InChI=1S/C30H24F4N6O3/c1-16-24(29(42)40(39(16)2)20-7-4-6-18(14-20)30(32,33)34)28(41)37-19-12-10-17(11-13-19)26-27(35)36-15-22(38-26)21-8-5-9-23(43-3)25(21)31/h4-15H,1-3H3,(H2,35,36)(H,37,41). The summed E-state index contributed by atoms with van der Waals surface area (Å²) in [5, 5.41) is 2.64. The third-order valence-corrected chi connectivity index (χ3v) is 6.87. The van der Waals surface area contributed by atoms with Crippen LogP contribution < -0.4 is 21.3 Å². The first kappa shape index (κ1) is 29.0. The van der Waals surface area contributed by atoms with Gasteiger partial charge in [-0.3, -0.25) is 14.3 Å². The Hall–Kier alpha value is -5.46. The third kappa shape index (κ3) is 5.44. The number of alkyl halides is 3. The molecule has 0 radical (unpaired) electrons. The van der Waals surface area contributed by atoms with E-state index in [4.69, 9.17) is 10.5 Å². The maximum Gasteiger partial charge on any atom is 0.416 e. The molecule has 5 aromatic rings. The van der Waals surface area contributed by atoms with Gasteiger partial charge in [0, 0.05) is 23.9 Å². The van der Waals surface area contributed by atoms with Crippen molar-refractivity contribution in [3.63, 3.8) is 0 Å². The van der Waals surface area contributed by atoms with Gasteiger partial charge in [0.05, 0.1) is 35.9 Å². The molecule has 0 saturated heterocycles. The molecule has 0 saturated carbocycles. The van der Waals surface area contributed by atoms with Crippen LogP contribution in [0.5, 0.6) is 5.75 Å². The summed E-state index contributed by atoms with van der Waals surface area (Å²) in [6.45, 7) is 1.52. The Morgan fingerprint density at radius 2 is 1.74 bits per heavy atom. The summed E-state index contributed by atoms with van der Waals surface area (Å²) in [5.74, 6) is -1.20. The molecule has 5 rings (SSSR count). The van der Waals surface area contributed by atoms with Crippen LogP contribution in [0, 0.1) is 12.7 Å². The summed E-state index contributed by atoms with van der Waals surface area (Å²) in [4.78, 5) is 35.0.